The van der Waals surface area contributed by atoms with Gasteiger partial charge in [-0.1, -0.05) is 6.92 Å². The molecule has 92 valence electrons. The number of esters is 1. The summed E-state index contributed by atoms with van der Waals surface area (Å²) >= 11 is 1.39. The molecule has 0 aliphatic rings. The molecule has 5 heteroatoms. The molecular formula is C12H16N2O2S. The predicted molar refractivity (Wildman–Crippen MR) is 68.0 cm³/mol. The molecule has 0 saturated carbocycles. The minimum atomic E-state index is -0.360. The lowest BCUT2D eigenvalue weighted by molar-refractivity contribution is 0.0527. The summed E-state index contributed by atoms with van der Waals surface area (Å²) in [6.45, 7) is 4.08. The zero-order valence-electron chi connectivity index (χ0n) is 10.1. The second-order valence-electron chi connectivity index (χ2n) is 3.48. The van der Waals surface area contributed by atoms with Crippen molar-refractivity contribution < 1.29 is 9.53 Å². The van der Waals surface area contributed by atoms with Gasteiger partial charge in [0.25, 0.3) is 0 Å². The first kappa shape index (κ1) is 13.5. The Bertz CT molecular complexity index is 446. The van der Waals surface area contributed by atoms with Crippen molar-refractivity contribution in [2.45, 2.75) is 33.1 Å². The highest BCUT2D eigenvalue weighted by Gasteiger charge is 2.21. The Hall–Kier alpha value is -1.54. The molecule has 0 atom stereocenters. The minimum absolute atomic E-state index is 0.338. The summed E-state index contributed by atoms with van der Waals surface area (Å²) < 4.78 is 4.99. The molecule has 0 unspecified atom stereocenters. The average Bonchev–Trinajstić information content (AvgIpc) is 2.62. The molecule has 0 saturated heterocycles. The maximum Gasteiger partial charge on any atom is 0.341 e. The molecule has 1 aromatic heterocycles. The second kappa shape index (κ2) is 6.26. The Morgan fingerprint density at radius 3 is 2.76 bits per heavy atom. The van der Waals surface area contributed by atoms with Crippen LogP contribution in [0.2, 0.25) is 0 Å². The van der Waals surface area contributed by atoms with Crippen molar-refractivity contribution in [2.24, 2.45) is 0 Å². The van der Waals surface area contributed by atoms with Gasteiger partial charge in [-0.15, -0.1) is 11.3 Å². The van der Waals surface area contributed by atoms with Crippen molar-refractivity contribution >= 4 is 22.3 Å². The number of aryl methyl sites for hydroxylation is 1. The van der Waals surface area contributed by atoms with Crippen molar-refractivity contribution in [3.63, 3.8) is 0 Å². The maximum absolute atomic E-state index is 11.8. The SMILES string of the molecule is CCOC(=O)c1c(N)sc(CCC#N)c1CC. The molecule has 0 radical (unpaired) electrons. The van der Waals surface area contributed by atoms with E-state index in [1.54, 1.807) is 6.92 Å². The van der Waals surface area contributed by atoms with Crippen molar-refractivity contribution in [2.75, 3.05) is 12.3 Å². The normalized spacial score (nSPS) is 9.94. The number of anilines is 1. The fraction of sp³-hybridized carbons (Fsp3) is 0.500. The van der Waals surface area contributed by atoms with Crippen LogP contribution in [0.5, 0.6) is 0 Å². The van der Waals surface area contributed by atoms with Crippen molar-refractivity contribution in [3.8, 4) is 6.07 Å². The molecule has 0 amide bonds. The first-order valence-electron chi connectivity index (χ1n) is 5.59. The summed E-state index contributed by atoms with van der Waals surface area (Å²) in [5.41, 5.74) is 7.28. The lowest BCUT2D eigenvalue weighted by Gasteiger charge is -2.04. The third kappa shape index (κ3) is 2.98. The van der Waals surface area contributed by atoms with Crippen LogP contribution >= 0.6 is 11.3 Å². The number of hydrogen-bond donors (Lipinski definition) is 1. The standard InChI is InChI=1S/C12H16N2O2S/c1-3-8-9(6-5-7-13)17-11(14)10(8)12(15)16-4-2/h3-6,14H2,1-2H3. The zero-order valence-corrected chi connectivity index (χ0v) is 10.9. The summed E-state index contributed by atoms with van der Waals surface area (Å²) in [7, 11) is 0. The van der Waals surface area contributed by atoms with Gasteiger partial charge in [-0.3, -0.25) is 0 Å². The molecule has 1 heterocycles. The third-order valence-corrected chi connectivity index (χ3v) is 3.54. The van der Waals surface area contributed by atoms with Gasteiger partial charge in [0.15, 0.2) is 0 Å². The number of nitrogens with two attached hydrogens (primary N) is 1. The Balaban J connectivity index is 3.08. The molecule has 0 bridgehead atoms. The molecule has 1 aromatic rings. The molecule has 0 spiro atoms. The van der Waals surface area contributed by atoms with E-state index in [-0.39, 0.29) is 5.97 Å². The molecule has 2 N–H and O–H groups in total. The largest absolute Gasteiger partial charge is 0.462 e. The van der Waals surface area contributed by atoms with Crippen LogP contribution in [0.3, 0.4) is 0 Å². The minimum Gasteiger partial charge on any atom is -0.462 e. The van der Waals surface area contributed by atoms with Crippen molar-refractivity contribution in [1.82, 2.24) is 0 Å². The molecule has 0 fully saturated rings. The zero-order chi connectivity index (χ0) is 12.8. The Morgan fingerprint density at radius 1 is 1.53 bits per heavy atom. The van der Waals surface area contributed by atoms with Gasteiger partial charge in [0.2, 0.25) is 0 Å². The first-order chi connectivity index (χ1) is 8.15. The van der Waals surface area contributed by atoms with Gasteiger partial charge in [0, 0.05) is 11.3 Å². The quantitative estimate of drug-likeness (QED) is 0.817. The first-order valence-corrected chi connectivity index (χ1v) is 6.41. The number of thiophene rings is 1. The number of carbonyl (C=O) groups excluding carboxylic acids is 1. The van der Waals surface area contributed by atoms with E-state index in [1.165, 1.54) is 11.3 Å². The molecule has 17 heavy (non-hydrogen) atoms. The van der Waals surface area contributed by atoms with E-state index in [2.05, 4.69) is 6.07 Å². The monoisotopic (exact) mass is 252 g/mol. The molecule has 4 nitrogen and oxygen atoms in total. The fourth-order valence-corrected chi connectivity index (χ4v) is 2.85. The van der Waals surface area contributed by atoms with Crippen molar-refractivity contribution in [3.05, 3.63) is 16.0 Å². The number of rotatable bonds is 5. The van der Waals surface area contributed by atoms with Gasteiger partial charge in [0.05, 0.1) is 18.2 Å². The van der Waals surface area contributed by atoms with Gasteiger partial charge >= 0.3 is 5.97 Å². The second-order valence-corrected chi connectivity index (χ2v) is 4.61. The van der Waals surface area contributed by atoms with Crippen LogP contribution in [-0.4, -0.2) is 12.6 Å². The van der Waals surface area contributed by atoms with Gasteiger partial charge in [0.1, 0.15) is 5.00 Å². The topological polar surface area (TPSA) is 76.1 Å². The van der Waals surface area contributed by atoms with Crippen LogP contribution < -0.4 is 5.73 Å². The highest BCUT2D eigenvalue weighted by atomic mass is 32.1. The maximum atomic E-state index is 11.8. The van der Waals surface area contributed by atoms with Crippen LogP contribution in [0.1, 0.15) is 41.1 Å². The van der Waals surface area contributed by atoms with E-state index < -0.39 is 0 Å². The van der Waals surface area contributed by atoms with Gasteiger partial charge in [-0.2, -0.15) is 5.26 Å². The smallest absolute Gasteiger partial charge is 0.341 e. The fourth-order valence-electron chi connectivity index (χ4n) is 1.71. The highest BCUT2D eigenvalue weighted by molar-refractivity contribution is 7.16. The lowest BCUT2D eigenvalue weighted by atomic mass is 10.1. The highest BCUT2D eigenvalue weighted by Crippen LogP contribution is 2.33. The number of hydrogen-bond acceptors (Lipinski definition) is 5. The van der Waals surface area contributed by atoms with E-state index in [9.17, 15) is 4.79 Å². The summed E-state index contributed by atoms with van der Waals surface area (Å²) in [6.07, 6.45) is 1.81. The molecule has 0 aliphatic heterocycles. The van der Waals surface area contributed by atoms with Crippen molar-refractivity contribution in [1.29, 1.82) is 5.26 Å². The lowest BCUT2D eigenvalue weighted by Crippen LogP contribution is -2.08. The van der Waals surface area contributed by atoms with E-state index in [1.807, 2.05) is 6.92 Å². The Kier molecular flexibility index (Phi) is 4.98. The summed E-state index contributed by atoms with van der Waals surface area (Å²) in [5.74, 6) is -0.360. The molecular weight excluding hydrogens is 236 g/mol. The average molecular weight is 252 g/mol. The van der Waals surface area contributed by atoms with Crippen LogP contribution in [-0.2, 0) is 17.6 Å². The molecule has 0 aromatic carbocycles. The molecule has 1 rings (SSSR count). The summed E-state index contributed by atoms with van der Waals surface area (Å²) in [5, 5.41) is 9.09. The van der Waals surface area contributed by atoms with E-state index in [0.717, 1.165) is 16.9 Å². The van der Waals surface area contributed by atoms with E-state index >= 15 is 0 Å². The Morgan fingerprint density at radius 2 is 2.24 bits per heavy atom. The number of nitrogens with zero attached hydrogens (tertiary/aromatic N) is 1. The van der Waals surface area contributed by atoms with Crippen LogP contribution in [0.25, 0.3) is 0 Å². The predicted octanol–water partition coefficient (Wildman–Crippen LogP) is 2.53. The number of nitriles is 1. The number of ether oxygens (including phenoxy) is 1. The third-order valence-electron chi connectivity index (χ3n) is 2.41. The Labute approximate surface area is 105 Å². The van der Waals surface area contributed by atoms with Crippen LogP contribution in [0, 0.1) is 11.3 Å². The van der Waals surface area contributed by atoms with E-state index in [4.69, 9.17) is 15.7 Å². The summed E-state index contributed by atoms with van der Waals surface area (Å²) in [4.78, 5) is 12.8. The number of carbonyl (C=O) groups is 1. The van der Waals surface area contributed by atoms with Crippen LogP contribution in [0.4, 0.5) is 5.00 Å². The van der Waals surface area contributed by atoms with Gasteiger partial charge in [-0.25, -0.2) is 4.79 Å². The molecule has 0 aliphatic carbocycles. The summed E-state index contributed by atoms with van der Waals surface area (Å²) in [6, 6.07) is 2.10. The van der Waals surface area contributed by atoms with Gasteiger partial charge < -0.3 is 10.5 Å². The van der Waals surface area contributed by atoms with E-state index in [0.29, 0.717) is 30.0 Å². The van der Waals surface area contributed by atoms with Crippen LogP contribution in [0.15, 0.2) is 0 Å². The number of nitrogen functional groups attached to an aromatic ring is 1. The van der Waals surface area contributed by atoms with Gasteiger partial charge in [-0.05, 0) is 25.3 Å².